The van der Waals surface area contributed by atoms with Gasteiger partial charge in [-0.05, 0) is 6.42 Å². The van der Waals surface area contributed by atoms with E-state index in [0.29, 0.717) is 0 Å². The molecule has 0 amide bonds. The van der Waals surface area contributed by atoms with Crippen LogP contribution in [-0.2, 0) is 16.3 Å². The molecule has 7 nitrogen and oxygen atoms in total. The standard InChI is InChI=1S/C11H11F2N5O2S/c1-3-5-7(8(12)13)17-18-9(15)6(4-14)11(16-10(5)18)21(2,19)20/h8H,3,15H2,1-2H3. The Labute approximate surface area is 118 Å². The van der Waals surface area contributed by atoms with Gasteiger partial charge in [-0.1, -0.05) is 6.92 Å². The van der Waals surface area contributed by atoms with E-state index >= 15 is 0 Å². The molecule has 10 heteroatoms. The molecular formula is C11H11F2N5O2S. The summed E-state index contributed by atoms with van der Waals surface area (Å²) in [4.78, 5) is 3.83. The first-order chi connectivity index (χ1) is 9.72. The largest absolute Gasteiger partial charge is 0.382 e. The van der Waals surface area contributed by atoms with Crippen molar-refractivity contribution in [3.8, 4) is 6.07 Å². The number of nitriles is 1. The van der Waals surface area contributed by atoms with Gasteiger partial charge in [0.2, 0.25) is 0 Å². The van der Waals surface area contributed by atoms with Gasteiger partial charge < -0.3 is 5.73 Å². The average molecular weight is 315 g/mol. The third kappa shape index (κ3) is 2.29. The number of aryl methyl sites for hydroxylation is 1. The number of aromatic nitrogens is 3. The van der Waals surface area contributed by atoms with Gasteiger partial charge in [0.25, 0.3) is 6.43 Å². The van der Waals surface area contributed by atoms with E-state index in [1.165, 1.54) is 0 Å². The predicted octanol–water partition coefficient (Wildman–Crippen LogP) is 1.09. The van der Waals surface area contributed by atoms with Crippen LogP contribution in [0.1, 0.15) is 30.2 Å². The number of nitrogens with zero attached hydrogens (tertiary/aromatic N) is 4. The van der Waals surface area contributed by atoms with Crippen molar-refractivity contribution in [1.82, 2.24) is 14.6 Å². The van der Waals surface area contributed by atoms with E-state index in [1.54, 1.807) is 13.0 Å². The Bertz CT molecular complexity index is 867. The van der Waals surface area contributed by atoms with Crippen molar-refractivity contribution in [2.75, 3.05) is 12.0 Å². The Kier molecular flexibility index (Phi) is 3.54. The predicted molar refractivity (Wildman–Crippen MR) is 69.6 cm³/mol. The topological polar surface area (TPSA) is 114 Å². The molecule has 0 radical (unpaired) electrons. The van der Waals surface area contributed by atoms with E-state index in [4.69, 9.17) is 11.0 Å². The highest BCUT2D eigenvalue weighted by atomic mass is 32.2. The Morgan fingerprint density at radius 1 is 1.48 bits per heavy atom. The first-order valence-electron chi connectivity index (χ1n) is 5.81. The fourth-order valence-corrected chi connectivity index (χ4v) is 2.77. The van der Waals surface area contributed by atoms with E-state index in [-0.39, 0.29) is 23.4 Å². The van der Waals surface area contributed by atoms with Gasteiger partial charge in [-0.15, -0.1) is 0 Å². The van der Waals surface area contributed by atoms with Crippen LogP contribution >= 0.6 is 0 Å². The molecule has 0 fully saturated rings. The summed E-state index contributed by atoms with van der Waals surface area (Å²) in [5.41, 5.74) is 4.79. The molecule has 0 aromatic carbocycles. The minimum absolute atomic E-state index is 0.0790. The molecule has 0 aliphatic carbocycles. The molecule has 2 N–H and O–H groups in total. The zero-order valence-electron chi connectivity index (χ0n) is 11.1. The monoisotopic (exact) mass is 315 g/mol. The average Bonchev–Trinajstić information content (AvgIpc) is 2.76. The summed E-state index contributed by atoms with van der Waals surface area (Å²) in [6.07, 6.45) is -1.82. The molecule has 0 aliphatic rings. The van der Waals surface area contributed by atoms with Gasteiger partial charge in [0.15, 0.2) is 20.5 Å². The van der Waals surface area contributed by atoms with Gasteiger partial charge in [-0.3, -0.25) is 0 Å². The number of nitrogens with two attached hydrogens (primary N) is 1. The van der Waals surface area contributed by atoms with Crippen molar-refractivity contribution < 1.29 is 17.2 Å². The number of halogens is 2. The van der Waals surface area contributed by atoms with Gasteiger partial charge in [0.05, 0.1) is 0 Å². The summed E-state index contributed by atoms with van der Waals surface area (Å²) in [5.74, 6) is -0.329. The molecule has 2 heterocycles. The second kappa shape index (κ2) is 4.92. The second-order valence-corrected chi connectivity index (χ2v) is 6.25. The maximum Gasteiger partial charge on any atom is 0.282 e. The third-order valence-electron chi connectivity index (χ3n) is 2.92. The molecule has 21 heavy (non-hydrogen) atoms. The maximum absolute atomic E-state index is 13.0. The van der Waals surface area contributed by atoms with Crippen LogP contribution in [0, 0.1) is 11.3 Å². The molecule has 0 unspecified atom stereocenters. The van der Waals surface area contributed by atoms with E-state index in [9.17, 15) is 17.2 Å². The van der Waals surface area contributed by atoms with Gasteiger partial charge >= 0.3 is 0 Å². The van der Waals surface area contributed by atoms with E-state index in [0.717, 1.165) is 10.8 Å². The number of sulfone groups is 1. The van der Waals surface area contributed by atoms with Gasteiger partial charge in [0, 0.05) is 11.8 Å². The van der Waals surface area contributed by atoms with Crippen LogP contribution in [0.25, 0.3) is 5.65 Å². The van der Waals surface area contributed by atoms with Crippen LogP contribution in [-0.4, -0.2) is 29.3 Å². The van der Waals surface area contributed by atoms with Gasteiger partial charge in [0.1, 0.15) is 23.1 Å². The highest BCUT2D eigenvalue weighted by Gasteiger charge is 2.27. The molecule has 0 spiro atoms. The van der Waals surface area contributed by atoms with Crippen LogP contribution in [0.2, 0.25) is 0 Å². The summed E-state index contributed by atoms with van der Waals surface area (Å²) >= 11 is 0. The minimum Gasteiger partial charge on any atom is -0.382 e. The quantitative estimate of drug-likeness (QED) is 0.848. The van der Waals surface area contributed by atoms with Crippen molar-refractivity contribution in [2.24, 2.45) is 0 Å². The number of fused-ring (bicyclic) bond motifs is 1. The number of alkyl halides is 2. The van der Waals surface area contributed by atoms with Crippen LogP contribution in [0.5, 0.6) is 0 Å². The van der Waals surface area contributed by atoms with Crippen LogP contribution in [0.4, 0.5) is 14.6 Å². The Hall–Kier alpha value is -2.28. The normalized spacial score (nSPS) is 12.0. The zero-order valence-corrected chi connectivity index (χ0v) is 11.9. The SMILES string of the molecule is CCc1c(C(F)F)nn2c(N)c(C#N)c(S(C)(=O)=O)nc12. The second-order valence-electron chi connectivity index (χ2n) is 4.31. The maximum atomic E-state index is 13.0. The summed E-state index contributed by atoms with van der Waals surface area (Å²) in [5, 5.41) is 12.2. The molecule has 0 bridgehead atoms. The minimum atomic E-state index is -3.84. The Morgan fingerprint density at radius 2 is 2.10 bits per heavy atom. The molecule has 2 aromatic heterocycles. The van der Waals surface area contributed by atoms with Gasteiger partial charge in [-0.2, -0.15) is 14.9 Å². The first kappa shape index (κ1) is 15.1. The van der Waals surface area contributed by atoms with Crippen molar-refractivity contribution in [1.29, 1.82) is 5.26 Å². The van der Waals surface area contributed by atoms with Crippen LogP contribution in [0.15, 0.2) is 5.03 Å². The summed E-state index contributed by atoms with van der Waals surface area (Å²) in [7, 11) is -3.84. The third-order valence-corrected chi connectivity index (χ3v) is 3.91. The fraction of sp³-hybridized carbons (Fsp3) is 0.364. The molecule has 0 aliphatic heterocycles. The fourth-order valence-electron chi connectivity index (χ4n) is 2.00. The first-order valence-corrected chi connectivity index (χ1v) is 7.70. The van der Waals surface area contributed by atoms with Gasteiger partial charge in [-0.25, -0.2) is 22.2 Å². The lowest BCUT2D eigenvalue weighted by Crippen LogP contribution is -2.12. The highest BCUT2D eigenvalue weighted by molar-refractivity contribution is 7.90. The molecule has 2 aromatic rings. The van der Waals surface area contributed by atoms with Crippen molar-refractivity contribution >= 4 is 21.3 Å². The van der Waals surface area contributed by atoms with Crippen molar-refractivity contribution in [3.05, 3.63) is 16.8 Å². The number of hydrogen-bond acceptors (Lipinski definition) is 6. The van der Waals surface area contributed by atoms with E-state index in [2.05, 4.69) is 10.1 Å². The summed E-state index contributed by atoms with van der Waals surface area (Å²) < 4.78 is 50.2. The van der Waals surface area contributed by atoms with Crippen molar-refractivity contribution in [3.63, 3.8) is 0 Å². The van der Waals surface area contributed by atoms with Crippen LogP contribution in [0.3, 0.4) is 0 Å². The molecule has 0 saturated heterocycles. The van der Waals surface area contributed by atoms with E-state index in [1.807, 2.05) is 0 Å². The summed E-state index contributed by atoms with van der Waals surface area (Å²) in [6.45, 7) is 1.61. The number of anilines is 1. The number of rotatable bonds is 3. The number of nitrogen functional groups attached to an aromatic ring is 1. The summed E-state index contributed by atoms with van der Waals surface area (Å²) in [6, 6.07) is 1.62. The smallest absolute Gasteiger partial charge is 0.282 e. The molecule has 0 atom stereocenters. The molecule has 0 saturated carbocycles. The zero-order chi connectivity index (χ0) is 15.9. The van der Waals surface area contributed by atoms with Crippen LogP contribution < -0.4 is 5.73 Å². The Balaban J connectivity index is 3.02. The molecular weight excluding hydrogens is 304 g/mol. The van der Waals surface area contributed by atoms with Crippen molar-refractivity contribution in [2.45, 2.75) is 24.8 Å². The molecule has 112 valence electrons. The lowest BCUT2D eigenvalue weighted by molar-refractivity contribution is 0.144. The van der Waals surface area contributed by atoms with E-state index < -0.39 is 32.5 Å². The Morgan fingerprint density at radius 3 is 2.52 bits per heavy atom. The lowest BCUT2D eigenvalue weighted by Gasteiger charge is -2.06. The number of hydrogen-bond donors (Lipinski definition) is 1. The molecule has 2 rings (SSSR count). The lowest BCUT2D eigenvalue weighted by atomic mass is 10.2. The highest BCUT2D eigenvalue weighted by Crippen LogP contribution is 2.29.